The molecular weight excluding hydrogens is 594 g/mol. The molecule has 0 bridgehead atoms. The van der Waals surface area contributed by atoms with Crippen LogP contribution in [0.25, 0.3) is 5.00 Å². The number of thiophene rings is 1. The molecule has 2 aromatic carbocycles. The van der Waals surface area contributed by atoms with Gasteiger partial charge in [0.25, 0.3) is 0 Å². The fraction of sp³-hybridized carbons (Fsp3) is 0.303. The van der Waals surface area contributed by atoms with Crippen LogP contribution in [-0.2, 0) is 9.59 Å². The molecule has 2 amide bonds. The SMILES string of the molecule is Cc1sc2c(c1C)C(c1ccc(Cl)cc1)=N[C@@H](CC(=O)NCCCCC(=O)Nc1ccc(C#CCN)cc1)c1nnc(C)n1-2. The van der Waals surface area contributed by atoms with E-state index in [0.717, 1.165) is 38.8 Å². The quantitative estimate of drug-likeness (QED) is 0.169. The van der Waals surface area contributed by atoms with E-state index < -0.39 is 6.04 Å². The topological polar surface area (TPSA) is 127 Å². The largest absolute Gasteiger partial charge is 0.356 e. The number of amides is 2. The molecule has 0 saturated heterocycles. The van der Waals surface area contributed by atoms with Crippen molar-refractivity contribution in [2.24, 2.45) is 10.7 Å². The number of nitrogens with one attached hydrogen (secondary N) is 2. The molecular formula is C33H34ClN7O2S. The maximum atomic E-state index is 13.1. The van der Waals surface area contributed by atoms with Gasteiger partial charge in [-0.05, 0) is 75.6 Å². The van der Waals surface area contributed by atoms with Gasteiger partial charge in [-0.2, -0.15) is 0 Å². The van der Waals surface area contributed by atoms with Gasteiger partial charge in [0, 0.05) is 45.2 Å². The minimum absolute atomic E-state index is 0.0765. The number of nitrogens with two attached hydrogens (primary N) is 1. The first-order chi connectivity index (χ1) is 21.2. The van der Waals surface area contributed by atoms with Crippen molar-refractivity contribution in [2.45, 2.75) is 52.5 Å². The molecule has 5 rings (SSSR count). The molecule has 44 heavy (non-hydrogen) atoms. The third-order valence-electron chi connectivity index (χ3n) is 7.39. The highest BCUT2D eigenvalue weighted by Crippen LogP contribution is 2.39. The average Bonchev–Trinajstić information content (AvgIpc) is 3.48. The number of aliphatic imine (C=N–C) groups is 1. The van der Waals surface area contributed by atoms with Crippen LogP contribution < -0.4 is 16.4 Å². The number of halogens is 1. The minimum atomic E-state index is -0.528. The Labute approximate surface area is 265 Å². The van der Waals surface area contributed by atoms with E-state index in [-0.39, 0.29) is 18.2 Å². The van der Waals surface area contributed by atoms with E-state index in [9.17, 15) is 9.59 Å². The van der Waals surface area contributed by atoms with Gasteiger partial charge in [-0.25, -0.2) is 0 Å². The lowest BCUT2D eigenvalue weighted by molar-refractivity contribution is -0.121. The Bertz CT molecular complexity index is 1760. The monoisotopic (exact) mass is 627 g/mol. The molecule has 0 aliphatic carbocycles. The number of carbonyl (C=O) groups excluding carboxylic acids is 2. The summed E-state index contributed by atoms with van der Waals surface area (Å²) >= 11 is 7.87. The molecule has 1 aliphatic heterocycles. The number of aromatic nitrogens is 3. The summed E-state index contributed by atoms with van der Waals surface area (Å²) in [6.45, 7) is 6.87. The van der Waals surface area contributed by atoms with E-state index in [0.29, 0.717) is 48.9 Å². The van der Waals surface area contributed by atoms with Crippen LogP contribution in [0.5, 0.6) is 0 Å². The van der Waals surface area contributed by atoms with Crippen LogP contribution in [0.3, 0.4) is 0 Å². The standard InChI is InChI=1S/C33H34ClN7O2S/c1-20-21(2)44-33-30(20)31(24-11-13-25(34)14-12-24)38-27(32-40-39-22(3)41(32)33)19-29(43)36-18-5-4-8-28(42)37-26-15-9-23(10-16-26)7-6-17-35/h9-16,27H,4-5,8,17-19,35H2,1-3H3,(H,36,43)(H,37,42)/t27-/m0/s1. The number of unbranched alkanes of at least 4 members (excludes halogenated alkanes) is 1. The summed E-state index contributed by atoms with van der Waals surface area (Å²) in [5.74, 6) is 6.93. The van der Waals surface area contributed by atoms with Gasteiger partial charge in [-0.15, -0.1) is 21.5 Å². The second-order valence-corrected chi connectivity index (χ2v) is 12.2. The highest BCUT2D eigenvalue weighted by atomic mass is 35.5. The van der Waals surface area contributed by atoms with Gasteiger partial charge < -0.3 is 16.4 Å². The lowest BCUT2D eigenvalue weighted by atomic mass is 9.99. The first kappa shape index (κ1) is 31.1. The number of carbonyl (C=O) groups is 2. The molecule has 11 heteroatoms. The Hall–Kier alpha value is -4.30. The number of hydrogen-bond acceptors (Lipinski definition) is 7. The lowest BCUT2D eigenvalue weighted by Gasteiger charge is -2.13. The maximum Gasteiger partial charge on any atom is 0.224 e. The van der Waals surface area contributed by atoms with Crippen LogP contribution in [0, 0.1) is 32.6 Å². The van der Waals surface area contributed by atoms with Crippen molar-refractivity contribution < 1.29 is 9.59 Å². The second kappa shape index (κ2) is 14.0. The molecule has 1 atom stereocenters. The van der Waals surface area contributed by atoms with Crippen LogP contribution in [0.1, 0.15) is 70.5 Å². The number of fused-ring (bicyclic) bond motifs is 3. The Kier molecular flexibility index (Phi) is 9.90. The summed E-state index contributed by atoms with van der Waals surface area (Å²) in [6.07, 6.45) is 1.78. The third-order valence-corrected chi connectivity index (χ3v) is 8.84. The van der Waals surface area contributed by atoms with Crippen molar-refractivity contribution in [3.05, 3.63) is 92.3 Å². The molecule has 0 radical (unpaired) electrons. The van der Waals surface area contributed by atoms with E-state index in [1.807, 2.05) is 60.0 Å². The zero-order valence-corrected chi connectivity index (χ0v) is 26.5. The molecule has 226 valence electrons. The minimum Gasteiger partial charge on any atom is -0.356 e. The Balaban J connectivity index is 1.21. The van der Waals surface area contributed by atoms with Crippen molar-refractivity contribution in [3.63, 3.8) is 0 Å². The number of rotatable bonds is 9. The molecule has 4 N–H and O–H groups in total. The Morgan fingerprint density at radius 3 is 2.50 bits per heavy atom. The van der Waals surface area contributed by atoms with Gasteiger partial charge >= 0.3 is 0 Å². The third kappa shape index (κ3) is 7.08. The van der Waals surface area contributed by atoms with Crippen LogP contribution in [0.15, 0.2) is 53.5 Å². The Morgan fingerprint density at radius 2 is 1.77 bits per heavy atom. The molecule has 3 heterocycles. The van der Waals surface area contributed by atoms with Gasteiger partial charge in [0.1, 0.15) is 16.9 Å². The highest BCUT2D eigenvalue weighted by Gasteiger charge is 2.32. The summed E-state index contributed by atoms with van der Waals surface area (Å²) < 4.78 is 2.03. The van der Waals surface area contributed by atoms with Crippen LogP contribution in [0.2, 0.25) is 5.02 Å². The first-order valence-corrected chi connectivity index (χ1v) is 15.7. The summed E-state index contributed by atoms with van der Waals surface area (Å²) in [6, 6.07) is 14.4. The van der Waals surface area contributed by atoms with Crippen LogP contribution >= 0.6 is 22.9 Å². The zero-order chi connectivity index (χ0) is 31.2. The normalized spacial score (nSPS) is 13.6. The number of nitrogens with zero attached hydrogens (tertiary/aromatic N) is 4. The zero-order valence-electron chi connectivity index (χ0n) is 24.9. The predicted octanol–water partition coefficient (Wildman–Crippen LogP) is 5.43. The van der Waals surface area contributed by atoms with Gasteiger partial charge in [0.05, 0.1) is 18.7 Å². The van der Waals surface area contributed by atoms with Crippen molar-refractivity contribution in [1.29, 1.82) is 0 Å². The van der Waals surface area contributed by atoms with Gasteiger partial charge in [-0.1, -0.05) is 35.6 Å². The maximum absolute atomic E-state index is 13.1. The molecule has 0 spiro atoms. The van der Waals surface area contributed by atoms with Crippen molar-refractivity contribution in [2.75, 3.05) is 18.4 Å². The molecule has 1 aliphatic rings. The van der Waals surface area contributed by atoms with Gasteiger partial charge in [-0.3, -0.25) is 19.1 Å². The smallest absolute Gasteiger partial charge is 0.224 e. The average molecular weight is 628 g/mol. The lowest BCUT2D eigenvalue weighted by Crippen LogP contribution is -2.26. The fourth-order valence-electron chi connectivity index (χ4n) is 5.03. The van der Waals surface area contributed by atoms with Crippen molar-refractivity contribution in [1.82, 2.24) is 20.1 Å². The molecule has 0 saturated carbocycles. The highest BCUT2D eigenvalue weighted by molar-refractivity contribution is 7.15. The number of hydrogen-bond donors (Lipinski definition) is 3. The summed E-state index contributed by atoms with van der Waals surface area (Å²) in [4.78, 5) is 31.9. The predicted molar refractivity (Wildman–Crippen MR) is 176 cm³/mol. The number of aryl methyl sites for hydroxylation is 2. The van der Waals surface area contributed by atoms with Crippen molar-refractivity contribution >= 4 is 46.2 Å². The van der Waals surface area contributed by atoms with Crippen LogP contribution in [0.4, 0.5) is 5.69 Å². The van der Waals surface area contributed by atoms with Gasteiger partial charge in [0.2, 0.25) is 11.8 Å². The second-order valence-electron chi connectivity index (χ2n) is 10.5. The molecule has 0 unspecified atom stereocenters. The van der Waals surface area contributed by atoms with E-state index >= 15 is 0 Å². The first-order valence-electron chi connectivity index (χ1n) is 14.5. The molecule has 0 fully saturated rings. The molecule has 2 aromatic heterocycles. The molecule has 4 aromatic rings. The van der Waals surface area contributed by atoms with E-state index in [1.165, 1.54) is 4.88 Å². The molecule has 9 nitrogen and oxygen atoms in total. The number of benzene rings is 2. The summed E-state index contributed by atoms with van der Waals surface area (Å²) in [7, 11) is 0. The van der Waals surface area contributed by atoms with Crippen molar-refractivity contribution in [3.8, 4) is 16.8 Å². The fourth-order valence-corrected chi connectivity index (χ4v) is 6.37. The Morgan fingerprint density at radius 1 is 1.02 bits per heavy atom. The summed E-state index contributed by atoms with van der Waals surface area (Å²) in [5.41, 5.74) is 10.9. The van der Waals surface area contributed by atoms with Crippen LogP contribution in [-0.4, -0.2) is 45.4 Å². The van der Waals surface area contributed by atoms with E-state index in [1.54, 1.807) is 11.3 Å². The summed E-state index contributed by atoms with van der Waals surface area (Å²) in [5, 5.41) is 16.4. The van der Waals surface area contributed by atoms with E-state index in [2.05, 4.69) is 46.5 Å². The number of anilines is 1. The van der Waals surface area contributed by atoms with E-state index in [4.69, 9.17) is 22.3 Å². The van der Waals surface area contributed by atoms with Gasteiger partial charge in [0.15, 0.2) is 5.82 Å².